The number of hydrogen-bond donors (Lipinski definition) is 1. The number of nitrogens with one attached hydrogen (secondary N) is 1. The van der Waals surface area contributed by atoms with E-state index in [1.54, 1.807) is 12.4 Å². The Hall–Kier alpha value is -2.89. The van der Waals surface area contributed by atoms with E-state index >= 15 is 0 Å². The Kier molecular flexibility index (Phi) is 5.51. The van der Waals surface area contributed by atoms with Gasteiger partial charge in [-0.3, -0.25) is 14.2 Å². The van der Waals surface area contributed by atoms with Crippen LogP contribution in [0.1, 0.15) is 25.8 Å². The molecule has 26 heavy (non-hydrogen) atoms. The van der Waals surface area contributed by atoms with E-state index in [1.807, 2.05) is 35.4 Å². The molecule has 0 aliphatic heterocycles. The van der Waals surface area contributed by atoms with Crippen molar-refractivity contribution in [3.8, 4) is 11.3 Å². The minimum atomic E-state index is 0.162. The largest absolute Gasteiger partial charge is 0.369 e. The van der Waals surface area contributed by atoms with Crippen LogP contribution in [0, 0.1) is 6.92 Å². The molecule has 0 aliphatic carbocycles. The number of aromatic nitrogens is 3. The number of rotatable bonds is 7. The number of hydrogen-bond acceptors (Lipinski definition) is 4. The van der Waals surface area contributed by atoms with Crippen molar-refractivity contribution in [3.63, 3.8) is 0 Å². The lowest BCUT2D eigenvalue weighted by atomic mass is 10.1. The van der Waals surface area contributed by atoms with E-state index in [1.165, 1.54) is 5.56 Å². The predicted molar refractivity (Wildman–Crippen MR) is 104 cm³/mol. The van der Waals surface area contributed by atoms with Gasteiger partial charge in [0.25, 0.3) is 0 Å². The minimum absolute atomic E-state index is 0.162. The van der Waals surface area contributed by atoms with Crippen LogP contribution in [0.15, 0.2) is 42.9 Å². The number of carbonyl (C=O) groups is 1. The molecule has 0 bridgehead atoms. The van der Waals surface area contributed by atoms with E-state index in [-0.39, 0.29) is 5.91 Å². The third-order valence-corrected chi connectivity index (χ3v) is 4.47. The van der Waals surface area contributed by atoms with Crippen molar-refractivity contribution >= 4 is 17.4 Å². The molecule has 0 atom stereocenters. The van der Waals surface area contributed by atoms with Gasteiger partial charge in [0.15, 0.2) is 5.65 Å². The molecule has 136 valence electrons. The Morgan fingerprint density at radius 3 is 2.81 bits per heavy atom. The zero-order valence-electron chi connectivity index (χ0n) is 15.6. The van der Waals surface area contributed by atoms with Crippen molar-refractivity contribution in [1.29, 1.82) is 0 Å². The lowest BCUT2D eigenvalue weighted by Crippen LogP contribution is -2.31. The molecule has 0 unspecified atom stereocenters. The number of imidazole rings is 1. The fourth-order valence-corrected chi connectivity index (χ4v) is 3.09. The minimum Gasteiger partial charge on any atom is -0.369 e. The first-order valence-electron chi connectivity index (χ1n) is 9.04. The molecular weight excluding hydrogens is 326 g/mol. The Morgan fingerprint density at radius 2 is 2.08 bits per heavy atom. The van der Waals surface area contributed by atoms with Gasteiger partial charge in [-0.15, -0.1) is 0 Å². The van der Waals surface area contributed by atoms with Crippen molar-refractivity contribution in [2.45, 2.75) is 27.2 Å². The van der Waals surface area contributed by atoms with Gasteiger partial charge in [-0.25, -0.2) is 4.98 Å². The van der Waals surface area contributed by atoms with Gasteiger partial charge in [-0.2, -0.15) is 0 Å². The zero-order valence-corrected chi connectivity index (χ0v) is 15.6. The molecular formula is C20H25N5O. The first-order chi connectivity index (χ1) is 12.6. The molecule has 3 aromatic rings. The van der Waals surface area contributed by atoms with Crippen LogP contribution in [0.3, 0.4) is 0 Å². The molecule has 3 rings (SSSR count). The summed E-state index contributed by atoms with van der Waals surface area (Å²) in [6.07, 6.45) is 5.82. The Bertz CT molecular complexity index is 898. The highest BCUT2D eigenvalue weighted by atomic mass is 16.2. The Balaban J connectivity index is 1.87. The number of benzene rings is 1. The SMILES string of the molecule is CCN(CC)C(=O)CCNc1c(-c2cccc(C)c2)nc2cnccn12. The number of amides is 1. The number of fused-ring (bicyclic) bond motifs is 1. The van der Waals surface area contributed by atoms with Gasteiger partial charge in [0.1, 0.15) is 11.5 Å². The van der Waals surface area contributed by atoms with E-state index in [9.17, 15) is 4.79 Å². The topological polar surface area (TPSA) is 62.5 Å². The first kappa shape index (κ1) is 17.9. The van der Waals surface area contributed by atoms with Crippen molar-refractivity contribution in [1.82, 2.24) is 19.3 Å². The van der Waals surface area contributed by atoms with Crippen molar-refractivity contribution in [3.05, 3.63) is 48.4 Å². The zero-order chi connectivity index (χ0) is 18.5. The first-order valence-corrected chi connectivity index (χ1v) is 9.04. The summed E-state index contributed by atoms with van der Waals surface area (Å²) < 4.78 is 1.98. The quantitative estimate of drug-likeness (QED) is 0.709. The maximum Gasteiger partial charge on any atom is 0.224 e. The summed E-state index contributed by atoms with van der Waals surface area (Å²) in [6.45, 7) is 8.11. The monoisotopic (exact) mass is 351 g/mol. The van der Waals surface area contributed by atoms with E-state index in [4.69, 9.17) is 4.98 Å². The summed E-state index contributed by atoms with van der Waals surface area (Å²) in [5, 5.41) is 3.41. The van der Waals surface area contributed by atoms with Crippen LogP contribution in [0.5, 0.6) is 0 Å². The van der Waals surface area contributed by atoms with E-state index in [2.05, 4.69) is 35.4 Å². The summed E-state index contributed by atoms with van der Waals surface area (Å²) in [6, 6.07) is 8.26. The molecule has 0 saturated heterocycles. The van der Waals surface area contributed by atoms with Crippen LogP contribution in [0.25, 0.3) is 16.9 Å². The van der Waals surface area contributed by atoms with Crippen molar-refractivity contribution in [2.75, 3.05) is 25.0 Å². The van der Waals surface area contributed by atoms with Gasteiger partial charge in [-0.05, 0) is 26.8 Å². The molecule has 6 heteroatoms. The molecule has 6 nitrogen and oxygen atoms in total. The second-order valence-corrected chi connectivity index (χ2v) is 6.23. The van der Waals surface area contributed by atoms with E-state index in [0.717, 1.165) is 35.8 Å². The van der Waals surface area contributed by atoms with Gasteiger partial charge in [-0.1, -0.05) is 23.8 Å². The maximum absolute atomic E-state index is 12.3. The van der Waals surface area contributed by atoms with Gasteiger partial charge in [0.05, 0.1) is 6.20 Å². The third-order valence-electron chi connectivity index (χ3n) is 4.47. The maximum atomic E-state index is 12.3. The summed E-state index contributed by atoms with van der Waals surface area (Å²) in [5.41, 5.74) is 3.88. The Morgan fingerprint density at radius 1 is 1.27 bits per heavy atom. The molecule has 1 aromatic carbocycles. The van der Waals surface area contributed by atoms with Crippen LogP contribution in [-0.4, -0.2) is 44.8 Å². The van der Waals surface area contributed by atoms with Crippen molar-refractivity contribution < 1.29 is 4.79 Å². The third kappa shape index (κ3) is 3.69. The highest BCUT2D eigenvalue weighted by molar-refractivity contribution is 5.79. The Labute approximate surface area is 153 Å². The lowest BCUT2D eigenvalue weighted by molar-refractivity contribution is -0.130. The smallest absolute Gasteiger partial charge is 0.224 e. The van der Waals surface area contributed by atoms with E-state index < -0.39 is 0 Å². The molecule has 0 spiro atoms. The van der Waals surface area contributed by atoms with Crippen LogP contribution < -0.4 is 5.32 Å². The molecule has 2 heterocycles. The molecule has 0 aliphatic rings. The van der Waals surface area contributed by atoms with Crippen LogP contribution in [0.2, 0.25) is 0 Å². The second-order valence-electron chi connectivity index (χ2n) is 6.23. The number of anilines is 1. The number of carbonyl (C=O) groups excluding carboxylic acids is 1. The summed E-state index contributed by atoms with van der Waals surface area (Å²) in [4.78, 5) is 23.0. The standard InChI is InChI=1S/C20H25N5O/c1-4-24(5-2)18(26)9-10-22-20-19(16-8-6-7-15(3)13-16)23-17-14-21-11-12-25(17)20/h6-8,11-14,22H,4-5,9-10H2,1-3H3. The summed E-state index contributed by atoms with van der Waals surface area (Å²) in [5.74, 6) is 1.05. The molecule has 0 fully saturated rings. The number of nitrogens with zero attached hydrogens (tertiary/aromatic N) is 4. The van der Waals surface area contributed by atoms with E-state index in [0.29, 0.717) is 13.0 Å². The molecule has 2 aromatic heterocycles. The van der Waals surface area contributed by atoms with Crippen LogP contribution >= 0.6 is 0 Å². The van der Waals surface area contributed by atoms with Crippen LogP contribution in [-0.2, 0) is 4.79 Å². The normalized spacial score (nSPS) is 10.9. The van der Waals surface area contributed by atoms with Gasteiger partial charge in [0.2, 0.25) is 5.91 Å². The fourth-order valence-electron chi connectivity index (χ4n) is 3.09. The highest BCUT2D eigenvalue weighted by Crippen LogP contribution is 2.29. The second kappa shape index (κ2) is 7.99. The fraction of sp³-hybridized carbons (Fsp3) is 0.350. The lowest BCUT2D eigenvalue weighted by Gasteiger charge is -2.18. The number of aryl methyl sites for hydroxylation is 1. The molecule has 0 saturated carbocycles. The molecule has 1 N–H and O–H groups in total. The van der Waals surface area contributed by atoms with Gasteiger partial charge in [0, 0.05) is 44.0 Å². The molecule has 0 radical (unpaired) electrons. The molecule has 1 amide bonds. The summed E-state index contributed by atoms with van der Waals surface area (Å²) >= 11 is 0. The highest BCUT2D eigenvalue weighted by Gasteiger charge is 2.15. The van der Waals surface area contributed by atoms with Crippen molar-refractivity contribution in [2.24, 2.45) is 0 Å². The van der Waals surface area contributed by atoms with Crippen LogP contribution in [0.4, 0.5) is 5.82 Å². The van der Waals surface area contributed by atoms with Gasteiger partial charge >= 0.3 is 0 Å². The average molecular weight is 351 g/mol. The summed E-state index contributed by atoms with van der Waals surface area (Å²) in [7, 11) is 0. The average Bonchev–Trinajstić information content (AvgIpc) is 3.02. The predicted octanol–water partition coefficient (Wildman–Crippen LogP) is 3.38. The van der Waals surface area contributed by atoms with Gasteiger partial charge < -0.3 is 10.2 Å².